The first-order valence-corrected chi connectivity index (χ1v) is 11.5. The maximum absolute atomic E-state index is 13.9. The molecule has 0 unspecified atom stereocenters. The Balaban J connectivity index is 1.60. The molecule has 0 atom stereocenters. The van der Waals surface area contributed by atoms with E-state index in [1.165, 1.54) is 10.6 Å². The predicted octanol–water partition coefficient (Wildman–Crippen LogP) is 4.71. The molecule has 0 radical (unpaired) electrons. The van der Waals surface area contributed by atoms with E-state index in [1.54, 1.807) is 43.9 Å². The number of pyridine rings is 1. The Morgan fingerprint density at radius 2 is 1.91 bits per heavy atom. The van der Waals surface area contributed by atoms with Crippen molar-refractivity contribution in [2.24, 2.45) is 0 Å². The third-order valence-electron chi connectivity index (χ3n) is 5.80. The zero-order valence-electron chi connectivity index (χ0n) is 19.6. The van der Waals surface area contributed by atoms with E-state index in [2.05, 4.69) is 0 Å². The van der Waals surface area contributed by atoms with E-state index in [9.17, 15) is 23.5 Å². The molecule has 184 valence electrons. The van der Waals surface area contributed by atoms with Crippen LogP contribution in [0.3, 0.4) is 0 Å². The lowest BCUT2D eigenvalue weighted by atomic mass is 10.0. The molecule has 6 nitrogen and oxygen atoms in total. The molecule has 1 aromatic heterocycles. The number of fused-ring (bicyclic) bond motifs is 1. The van der Waals surface area contributed by atoms with Crippen LogP contribution in [0.2, 0.25) is 5.02 Å². The Labute approximate surface area is 206 Å². The van der Waals surface area contributed by atoms with Crippen molar-refractivity contribution in [2.75, 3.05) is 11.4 Å². The van der Waals surface area contributed by atoms with Gasteiger partial charge in [-0.1, -0.05) is 11.6 Å². The highest BCUT2D eigenvalue weighted by molar-refractivity contribution is 6.31. The number of ether oxygens (including phenoxy) is 1. The first-order chi connectivity index (χ1) is 16.4. The van der Waals surface area contributed by atoms with Crippen molar-refractivity contribution in [1.82, 2.24) is 4.57 Å². The van der Waals surface area contributed by atoms with Crippen molar-refractivity contribution in [3.05, 3.63) is 86.3 Å². The van der Waals surface area contributed by atoms with Crippen molar-refractivity contribution >= 4 is 23.2 Å². The lowest BCUT2D eigenvalue weighted by molar-refractivity contribution is -0.122. The first kappa shape index (κ1) is 24.9. The lowest BCUT2D eigenvalue weighted by Crippen LogP contribution is -2.35. The number of halogens is 3. The molecule has 4 rings (SSSR count). The van der Waals surface area contributed by atoms with Gasteiger partial charge in [0.1, 0.15) is 29.0 Å². The van der Waals surface area contributed by atoms with E-state index >= 15 is 0 Å². The summed E-state index contributed by atoms with van der Waals surface area (Å²) in [5, 5.41) is 9.82. The molecule has 0 saturated carbocycles. The number of carbonyl (C=O) groups excluding carboxylic acids is 1. The number of carbonyl (C=O) groups is 1. The normalized spacial score (nSPS) is 13.2. The molecule has 0 fully saturated rings. The summed E-state index contributed by atoms with van der Waals surface area (Å²) >= 11 is 6.31. The maximum Gasteiger partial charge on any atom is 0.277 e. The van der Waals surface area contributed by atoms with Gasteiger partial charge in [0.15, 0.2) is 0 Å². The van der Waals surface area contributed by atoms with Crippen LogP contribution < -0.4 is 15.2 Å². The van der Waals surface area contributed by atoms with E-state index in [4.69, 9.17) is 16.3 Å². The van der Waals surface area contributed by atoms with Crippen LogP contribution in [0.25, 0.3) is 5.69 Å². The van der Waals surface area contributed by atoms with Crippen LogP contribution in [0.1, 0.15) is 37.1 Å². The first-order valence-electron chi connectivity index (χ1n) is 11.1. The quantitative estimate of drug-likeness (QED) is 0.530. The fourth-order valence-corrected chi connectivity index (χ4v) is 4.35. The lowest BCUT2D eigenvalue weighted by Gasteiger charge is -2.23. The monoisotopic (exact) mass is 502 g/mol. The summed E-state index contributed by atoms with van der Waals surface area (Å²) in [4.78, 5) is 27.4. The van der Waals surface area contributed by atoms with Gasteiger partial charge < -0.3 is 14.7 Å². The molecular formula is C26H25ClF2N2O4. The Morgan fingerprint density at radius 1 is 1.17 bits per heavy atom. The van der Waals surface area contributed by atoms with Gasteiger partial charge in [-0.25, -0.2) is 8.78 Å². The van der Waals surface area contributed by atoms with Crippen LogP contribution in [-0.2, 0) is 17.8 Å². The molecular weight excluding hydrogens is 478 g/mol. The minimum Gasteiger partial charge on any atom is -0.487 e. The average molecular weight is 503 g/mol. The summed E-state index contributed by atoms with van der Waals surface area (Å²) in [7, 11) is 0. The second-order valence-electron chi connectivity index (χ2n) is 9.23. The molecule has 0 aliphatic carbocycles. The van der Waals surface area contributed by atoms with Gasteiger partial charge in [0, 0.05) is 41.3 Å². The Hall–Kier alpha value is -3.23. The number of rotatable bonds is 6. The van der Waals surface area contributed by atoms with E-state index in [0.29, 0.717) is 24.3 Å². The van der Waals surface area contributed by atoms with Gasteiger partial charge in [0.2, 0.25) is 5.91 Å². The third kappa shape index (κ3) is 5.23. The van der Waals surface area contributed by atoms with E-state index in [0.717, 1.165) is 23.4 Å². The zero-order valence-corrected chi connectivity index (χ0v) is 20.3. The van der Waals surface area contributed by atoms with Crippen molar-refractivity contribution in [3.8, 4) is 11.4 Å². The SMILES string of the molecule is Cc1cc(OCc2ccc(F)cc2F)c(Cl)c(=O)n1-c1ccc2c(c1)CCN2C(=O)CC(C)(C)O. The molecule has 1 aliphatic heterocycles. The number of aromatic nitrogens is 1. The van der Waals surface area contributed by atoms with Crippen LogP contribution in [-0.4, -0.2) is 27.7 Å². The molecule has 9 heteroatoms. The minimum atomic E-state index is -1.10. The van der Waals surface area contributed by atoms with Crippen molar-refractivity contribution in [1.29, 1.82) is 0 Å². The van der Waals surface area contributed by atoms with Crippen LogP contribution in [0.4, 0.5) is 14.5 Å². The Kier molecular flexibility index (Phi) is 6.71. The van der Waals surface area contributed by atoms with Gasteiger partial charge in [-0.15, -0.1) is 0 Å². The number of aliphatic hydroxyl groups is 1. The van der Waals surface area contributed by atoms with E-state index in [1.807, 2.05) is 6.07 Å². The third-order valence-corrected chi connectivity index (χ3v) is 6.15. The van der Waals surface area contributed by atoms with Crippen LogP contribution in [0.15, 0.2) is 47.3 Å². The Morgan fingerprint density at radius 3 is 2.60 bits per heavy atom. The molecule has 1 N–H and O–H groups in total. The van der Waals surface area contributed by atoms with Crippen molar-refractivity contribution in [3.63, 3.8) is 0 Å². The number of aryl methyl sites for hydroxylation is 1. The smallest absolute Gasteiger partial charge is 0.277 e. The molecule has 1 aliphatic rings. The van der Waals surface area contributed by atoms with Crippen LogP contribution >= 0.6 is 11.6 Å². The molecule has 2 aromatic carbocycles. The maximum atomic E-state index is 13.9. The molecule has 35 heavy (non-hydrogen) atoms. The Bertz CT molecular complexity index is 1360. The number of nitrogens with zero attached hydrogens (tertiary/aromatic N) is 2. The fourth-order valence-electron chi connectivity index (χ4n) is 4.15. The highest BCUT2D eigenvalue weighted by Crippen LogP contribution is 2.32. The summed E-state index contributed by atoms with van der Waals surface area (Å²) in [6.45, 7) is 5.17. The second-order valence-corrected chi connectivity index (χ2v) is 9.60. The predicted molar refractivity (Wildman–Crippen MR) is 129 cm³/mol. The molecule has 0 bridgehead atoms. The fraction of sp³-hybridized carbons (Fsp3) is 0.308. The minimum absolute atomic E-state index is 0.00560. The van der Waals surface area contributed by atoms with E-state index < -0.39 is 22.8 Å². The number of amides is 1. The van der Waals surface area contributed by atoms with Gasteiger partial charge >= 0.3 is 0 Å². The number of hydrogen-bond acceptors (Lipinski definition) is 4. The average Bonchev–Trinajstić information content (AvgIpc) is 3.19. The number of benzene rings is 2. The number of hydrogen-bond donors (Lipinski definition) is 1. The molecule has 2 heterocycles. The summed E-state index contributed by atoms with van der Waals surface area (Å²) < 4.78 is 34.0. The van der Waals surface area contributed by atoms with Crippen LogP contribution in [0, 0.1) is 18.6 Å². The van der Waals surface area contributed by atoms with Gasteiger partial charge in [0.05, 0.1) is 12.0 Å². The highest BCUT2D eigenvalue weighted by Gasteiger charge is 2.29. The second kappa shape index (κ2) is 9.43. The van der Waals surface area contributed by atoms with Gasteiger partial charge in [-0.2, -0.15) is 0 Å². The van der Waals surface area contributed by atoms with E-state index in [-0.39, 0.29) is 35.3 Å². The summed E-state index contributed by atoms with van der Waals surface area (Å²) in [6, 6.07) is 10.1. The summed E-state index contributed by atoms with van der Waals surface area (Å²) in [5.74, 6) is -1.51. The highest BCUT2D eigenvalue weighted by atomic mass is 35.5. The summed E-state index contributed by atoms with van der Waals surface area (Å²) in [6.07, 6.45) is 0.623. The molecule has 0 saturated heterocycles. The van der Waals surface area contributed by atoms with Crippen LogP contribution in [0.5, 0.6) is 5.75 Å². The van der Waals surface area contributed by atoms with Gasteiger partial charge in [-0.05, 0) is 63.1 Å². The summed E-state index contributed by atoms with van der Waals surface area (Å²) in [5.41, 5.74) is 1.30. The van der Waals surface area contributed by atoms with Gasteiger partial charge in [0.25, 0.3) is 5.56 Å². The van der Waals surface area contributed by atoms with Gasteiger partial charge in [-0.3, -0.25) is 14.2 Å². The number of anilines is 1. The van der Waals surface area contributed by atoms with Crippen molar-refractivity contribution < 1.29 is 23.4 Å². The standard InChI is InChI=1S/C26H25ClF2N2O4/c1-15-10-22(35-14-17-4-5-18(28)12-20(17)29)24(27)25(33)31(15)19-6-7-21-16(11-19)8-9-30(21)23(32)13-26(2,3)34/h4-7,10-12,34H,8-9,13-14H2,1-3H3. The largest absolute Gasteiger partial charge is 0.487 e. The molecule has 0 spiro atoms. The van der Waals surface area contributed by atoms with Crippen molar-refractivity contribution in [2.45, 2.75) is 45.8 Å². The zero-order chi connectivity index (χ0) is 25.5. The molecule has 1 amide bonds. The topological polar surface area (TPSA) is 71.8 Å². The molecule has 3 aromatic rings.